The molecule has 0 radical (unpaired) electrons. The first-order valence-electron chi connectivity index (χ1n) is 16.4. The molecule has 0 aromatic rings. The minimum Gasteiger partial charge on any atom is -0.465 e. The SMILES string of the molecule is CCCCCCCCCCCCCOC(=O)C1CCC(C(=O)OCCCCCCCCCC(C)C)CC1. The molecule has 0 N–H and O–H groups in total. The van der Waals surface area contributed by atoms with E-state index in [0.717, 1.165) is 57.3 Å². The highest BCUT2D eigenvalue weighted by Gasteiger charge is 2.31. The monoisotopic (exact) mass is 522 g/mol. The van der Waals surface area contributed by atoms with Crippen LogP contribution < -0.4 is 0 Å². The number of hydrogen-bond donors (Lipinski definition) is 0. The van der Waals surface area contributed by atoms with Crippen LogP contribution in [0.15, 0.2) is 0 Å². The molecule has 1 saturated carbocycles. The molecule has 4 nitrogen and oxygen atoms in total. The van der Waals surface area contributed by atoms with Gasteiger partial charge in [-0.25, -0.2) is 0 Å². The standard InChI is InChI=1S/C33H62O4/c1-4-5-6-7-8-9-10-11-14-17-20-27-36-32(34)30-23-25-31(26-24-30)33(35)37-28-21-18-15-12-13-16-19-22-29(2)3/h29-31H,4-28H2,1-3H3. The maximum absolute atomic E-state index is 12.4. The topological polar surface area (TPSA) is 52.6 Å². The smallest absolute Gasteiger partial charge is 0.308 e. The number of rotatable bonds is 24. The third-order valence-corrected chi connectivity index (χ3v) is 8.06. The van der Waals surface area contributed by atoms with E-state index in [1.807, 2.05) is 0 Å². The zero-order valence-corrected chi connectivity index (χ0v) is 25.0. The summed E-state index contributed by atoms with van der Waals surface area (Å²) in [5.41, 5.74) is 0. The largest absolute Gasteiger partial charge is 0.465 e. The summed E-state index contributed by atoms with van der Waals surface area (Å²) in [7, 11) is 0. The summed E-state index contributed by atoms with van der Waals surface area (Å²) in [5.74, 6) is 0.654. The van der Waals surface area contributed by atoms with Crippen molar-refractivity contribution in [2.45, 2.75) is 168 Å². The van der Waals surface area contributed by atoms with Crippen molar-refractivity contribution in [1.29, 1.82) is 0 Å². The Morgan fingerprint density at radius 3 is 1.22 bits per heavy atom. The van der Waals surface area contributed by atoms with Gasteiger partial charge in [-0.2, -0.15) is 0 Å². The molecule has 0 unspecified atom stereocenters. The first-order chi connectivity index (χ1) is 18.0. The normalized spacial score (nSPS) is 17.7. The highest BCUT2D eigenvalue weighted by atomic mass is 16.5. The lowest BCUT2D eigenvalue weighted by Gasteiger charge is -2.26. The molecule has 1 rings (SSSR count). The van der Waals surface area contributed by atoms with Crippen LogP contribution in [0.5, 0.6) is 0 Å². The van der Waals surface area contributed by atoms with E-state index in [-0.39, 0.29) is 23.8 Å². The molecule has 218 valence electrons. The Labute approximate surface area is 230 Å². The molecule has 0 saturated heterocycles. The van der Waals surface area contributed by atoms with Crippen molar-refractivity contribution in [2.75, 3.05) is 13.2 Å². The third kappa shape index (κ3) is 19.6. The number of hydrogen-bond acceptors (Lipinski definition) is 4. The minimum absolute atomic E-state index is 0.0303. The van der Waals surface area contributed by atoms with Gasteiger partial charge < -0.3 is 9.47 Å². The molecular formula is C33H62O4. The number of ether oxygens (including phenoxy) is 2. The summed E-state index contributed by atoms with van der Waals surface area (Å²) in [6.07, 6.45) is 27.3. The van der Waals surface area contributed by atoms with Gasteiger partial charge in [0.25, 0.3) is 0 Å². The van der Waals surface area contributed by atoms with E-state index in [4.69, 9.17) is 9.47 Å². The van der Waals surface area contributed by atoms with Crippen molar-refractivity contribution in [3.05, 3.63) is 0 Å². The van der Waals surface area contributed by atoms with E-state index in [1.165, 1.54) is 96.3 Å². The van der Waals surface area contributed by atoms with Crippen LogP contribution in [0.3, 0.4) is 0 Å². The number of carbonyl (C=O) groups excluding carboxylic acids is 2. The van der Waals surface area contributed by atoms with Gasteiger partial charge in [-0.1, -0.05) is 130 Å². The van der Waals surface area contributed by atoms with E-state index < -0.39 is 0 Å². The highest BCUT2D eigenvalue weighted by Crippen LogP contribution is 2.30. The van der Waals surface area contributed by atoms with Gasteiger partial charge in [0, 0.05) is 0 Å². The Hall–Kier alpha value is -1.06. The molecule has 0 aromatic carbocycles. The summed E-state index contributed by atoms with van der Waals surface area (Å²) in [6.45, 7) is 7.95. The molecule has 0 aliphatic heterocycles. The Morgan fingerprint density at radius 1 is 0.541 bits per heavy atom. The van der Waals surface area contributed by atoms with Crippen molar-refractivity contribution in [3.63, 3.8) is 0 Å². The van der Waals surface area contributed by atoms with Crippen molar-refractivity contribution in [3.8, 4) is 0 Å². The van der Waals surface area contributed by atoms with Crippen LogP contribution in [0.25, 0.3) is 0 Å². The molecule has 0 atom stereocenters. The average Bonchev–Trinajstić information content (AvgIpc) is 2.90. The van der Waals surface area contributed by atoms with Crippen LogP contribution in [0.2, 0.25) is 0 Å². The van der Waals surface area contributed by atoms with Crippen LogP contribution in [-0.4, -0.2) is 25.2 Å². The van der Waals surface area contributed by atoms with E-state index in [1.54, 1.807) is 0 Å². The maximum Gasteiger partial charge on any atom is 0.308 e. The van der Waals surface area contributed by atoms with E-state index in [9.17, 15) is 9.59 Å². The van der Waals surface area contributed by atoms with Crippen LogP contribution in [0, 0.1) is 17.8 Å². The van der Waals surface area contributed by atoms with Gasteiger partial charge >= 0.3 is 11.9 Å². The molecule has 0 amide bonds. The molecule has 4 heteroatoms. The number of esters is 2. The summed E-state index contributed by atoms with van der Waals surface area (Å²) >= 11 is 0. The molecule has 1 aliphatic rings. The van der Waals surface area contributed by atoms with Crippen molar-refractivity contribution >= 4 is 11.9 Å². The lowest BCUT2D eigenvalue weighted by molar-refractivity contribution is -0.155. The molecular weight excluding hydrogens is 460 g/mol. The third-order valence-electron chi connectivity index (χ3n) is 8.06. The molecule has 0 spiro atoms. The Kier molecular flexibility index (Phi) is 22.0. The lowest BCUT2D eigenvalue weighted by Crippen LogP contribution is -2.28. The second kappa shape index (κ2) is 24.0. The Morgan fingerprint density at radius 2 is 0.865 bits per heavy atom. The van der Waals surface area contributed by atoms with Gasteiger partial charge in [0.2, 0.25) is 0 Å². The van der Waals surface area contributed by atoms with E-state index >= 15 is 0 Å². The average molecular weight is 523 g/mol. The first kappa shape index (κ1) is 34.0. The molecule has 37 heavy (non-hydrogen) atoms. The fourth-order valence-corrected chi connectivity index (χ4v) is 5.45. The van der Waals surface area contributed by atoms with Crippen molar-refractivity contribution < 1.29 is 19.1 Å². The maximum atomic E-state index is 12.4. The zero-order valence-electron chi connectivity index (χ0n) is 25.0. The lowest BCUT2D eigenvalue weighted by atomic mass is 9.82. The van der Waals surface area contributed by atoms with Crippen LogP contribution in [0.1, 0.15) is 168 Å². The quantitative estimate of drug-likeness (QED) is 0.0934. The van der Waals surface area contributed by atoms with E-state index in [0.29, 0.717) is 13.2 Å². The summed E-state index contributed by atoms with van der Waals surface area (Å²) in [5, 5.41) is 0. The summed E-state index contributed by atoms with van der Waals surface area (Å²) < 4.78 is 11.1. The summed E-state index contributed by atoms with van der Waals surface area (Å²) in [6, 6.07) is 0. The first-order valence-corrected chi connectivity index (χ1v) is 16.4. The predicted octanol–water partition coefficient (Wildman–Crippen LogP) is 9.97. The minimum atomic E-state index is -0.0542. The van der Waals surface area contributed by atoms with Crippen molar-refractivity contribution in [2.24, 2.45) is 17.8 Å². The highest BCUT2D eigenvalue weighted by molar-refractivity contribution is 5.75. The fraction of sp³-hybridized carbons (Fsp3) is 0.939. The van der Waals surface area contributed by atoms with Crippen LogP contribution in [-0.2, 0) is 19.1 Å². The van der Waals surface area contributed by atoms with Gasteiger partial charge in [-0.3, -0.25) is 9.59 Å². The Bertz CT molecular complexity index is 536. The second-order valence-electron chi connectivity index (χ2n) is 12.1. The molecule has 0 heterocycles. The fourth-order valence-electron chi connectivity index (χ4n) is 5.45. The van der Waals surface area contributed by atoms with Gasteiger partial charge in [0.15, 0.2) is 0 Å². The summed E-state index contributed by atoms with van der Waals surface area (Å²) in [4.78, 5) is 24.8. The van der Waals surface area contributed by atoms with Gasteiger partial charge in [0.1, 0.15) is 0 Å². The second-order valence-corrected chi connectivity index (χ2v) is 12.1. The van der Waals surface area contributed by atoms with Gasteiger partial charge in [-0.15, -0.1) is 0 Å². The van der Waals surface area contributed by atoms with Crippen LogP contribution in [0.4, 0.5) is 0 Å². The molecule has 0 aromatic heterocycles. The van der Waals surface area contributed by atoms with Gasteiger partial charge in [-0.05, 0) is 44.4 Å². The van der Waals surface area contributed by atoms with Crippen molar-refractivity contribution in [1.82, 2.24) is 0 Å². The number of carbonyl (C=O) groups is 2. The molecule has 0 bridgehead atoms. The molecule has 1 aliphatic carbocycles. The molecule has 1 fully saturated rings. The van der Waals surface area contributed by atoms with Gasteiger partial charge in [0.05, 0.1) is 25.0 Å². The Balaban J connectivity index is 1.92. The zero-order chi connectivity index (χ0) is 27.0. The number of unbranched alkanes of at least 4 members (excludes halogenated alkanes) is 16. The van der Waals surface area contributed by atoms with E-state index in [2.05, 4.69) is 20.8 Å². The predicted molar refractivity (Wildman–Crippen MR) is 156 cm³/mol. The van der Waals surface area contributed by atoms with Crippen LogP contribution >= 0.6 is 0 Å².